The van der Waals surface area contributed by atoms with E-state index in [9.17, 15) is 8.76 Å². The maximum Gasteiger partial charge on any atom is 0.0280 e. The Bertz CT molecular complexity index is 301. The van der Waals surface area contributed by atoms with Crippen molar-refractivity contribution in [3.8, 4) is 0 Å². The summed E-state index contributed by atoms with van der Waals surface area (Å²) in [5.74, 6) is 0. The molecule has 0 aromatic heterocycles. The van der Waals surface area contributed by atoms with Crippen LogP contribution >= 0.6 is 0 Å². The number of aryl methyl sites for hydroxylation is 1. The molecule has 13 heavy (non-hydrogen) atoms. The first-order valence-electron chi connectivity index (χ1n) is 4.13. The third-order valence-corrected chi connectivity index (χ3v) is 2.56. The molecule has 1 atom stereocenters. The van der Waals surface area contributed by atoms with Crippen LogP contribution in [0.4, 0.5) is 0 Å². The van der Waals surface area contributed by atoms with Crippen molar-refractivity contribution in [1.82, 2.24) is 0 Å². The van der Waals surface area contributed by atoms with Crippen molar-refractivity contribution in [2.24, 2.45) is 5.73 Å². The lowest BCUT2D eigenvalue weighted by molar-refractivity contribution is 0.535. The highest BCUT2D eigenvalue weighted by molar-refractivity contribution is 7.79. The van der Waals surface area contributed by atoms with Gasteiger partial charge in [0.1, 0.15) is 0 Å². The zero-order chi connectivity index (χ0) is 9.68. The second-order valence-corrected chi connectivity index (χ2v) is 3.64. The largest absolute Gasteiger partial charge is 0.768 e. The highest BCUT2D eigenvalue weighted by atomic mass is 32.2. The average molecular weight is 198 g/mol. The van der Waals surface area contributed by atoms with Crippen molar-refractivity contribution >= 4 is 11.1 Å². The quantitative estimate of drug-likeness (QED) is 0.728. The van der Waals surface area contributed by atoms with E-state index in [0.29, 0.717) is 11.4 Å². The molecule has 0 radical (unpaired) electrons. The van der Waals surface area contributed by atoms with Gasteiger partial charge in [-0.05, 0) is 42.1 Å². The van der Waals surface area contributed by atoms with Crippen molar-refractivity contribution in [1.29, 1.82) is 0 Å². The fourth-order valence-electron chi connectivity index (χ4n) is 1.17. The van der Waals surface area contributed by atoms with E-state index in [1.807, 2.05) is 12.1 Å². The van der Waals surface area contributed by atoms with Crippen LogP contribution in [0.15, 0.2) is 29.2 Å². The van der Waals surface area contributed by atoms with Gasteiger partial charge in [-0.3, -0.25) is 4.21 Å². The van der Waals surface area contributed by atoms with Crippen molar-refractivity contribution in [2.45, 2.75) is 17.7 Å². The Balaban J connectivity index is 2.84. The van der Waals surface area contributed by atoms with Crippen molar-refractivity contribution in [3.05, 3.63) is 29.8 Å². The molecule has 0 heterocycles. The van der Waals surface area contributed by atoms with Gasteiger partial charge in [0.15, 0.2) is 0 Å². The van der Waals surface area contributed by atoms with E-state index in [0.717, 1.165) is 18.4 Å². The minimum absolute atomic E-state index is 0.385. The molecule has 0 aliphatic rings. The first-order valence-corrected chi connectivity index (χ1v) is 5.20. The summed E-state index contributed by atoms with van der Waals surface area (Å²) >= 11 is -2.13. The standard InChI is InChI=1S/C9H13NO2S/c10-7-3-5-8-4-1-2-6-9(8)13(11)12/h1-2,4,6H,3,5,7,10H2,(H,11,12)/p-1. The molecule has 72 valence electrons. The van der Waals surface area contributed by atoms with Crippen LogP contribution < -0.4 is 5.73 Å². The molecule has 0 amide bonds. The van der Waals surface area contributed by atoms with E-state index in [1.54, 1.807) is 12.1 Å². The van der Waals surface area contributed by atoms with Gasteiger partial charge in [0.25, 0.3) is 0 Å². The summed E-state index contributed by atoms with van der Waals surface area (Å²) in [5.41, 5.74) is 6.20. The predicted molar refractivity (Wildman–Crippen MR) is 51.0 cm³/mol. The van der Waals surface area contributed by atoms with Crippen molar-refractivity contribution in [2.75, 3.05) is 6.54 Å². The lowest BCUT2D eigenvalue weighted by Crippen LogP contribution is -2.03. The Morgan fingerprint density at radius 3 is 2.69 bits per heavy atom. The molecular weight excluding hydrogens is 186 g/mol. The molecule has 0 saturated heterocycles. The van der Waals surface area contributed by atoms with Gasteiger partial charge in [-0.25, -0.2) is 0 Å². The fourth-order valence-corrected chi connectivity index (χ4v) is 1.74. The topological polar surface area (TPSA) is 66.2 Å². The van der Waals surface area contributed by atoms with Gasteiger partial charge in [-0.1, -0.05) is 18.2 Å². The number of rotatable bonds is 4. The average Bonchev–Trinajstić information content (AvgIpc) is 2.15. The molecule has 2 N–H and O–H groups in total. The SMILES string of the molecule is NCCCc1ccccc1S(=O)[O-]. The summed E-state index contributed by atoms with van der Waals surface area (Å²) in [6.07, 6.45) is 1.54. The van der Waals surface area contributed by atoms with Gasteiger partial charge in [0.2, 0.25) is 0 Å². The van der Waals surface area contributed by atoms with E-state index < -0.39 is 11.1 Å². The van der Waals surface area contributed by atoms with Crippen LogP contribution in [0.1, 0.15) is 12.0 Å². The maximum absolute atomic E-state index is 10.8. The number of nitrogens with two attached hydrogens (primary N) is 1. The summed E-state index contributed by atoms with van der Waals surface area (Å²) in [4.78, 5) is 0.385. The zero-order valence-electron chi connectivity index (χ0n) is 7.23. The summed E-state index contributed by atoms with van der Waals surface area (Å²) in [6.45, 7) is 0.583. The minimum Gasteiger partial charge on any atom is -0.768 e. The molecule has 4 heteroatoms. The third-order valence-electron chi connectivity index (χ3n) is 1.80. The summed E-state index contributed by atoms with van der Waals surface area (Å²) < 4.78 is 21.5. The van der Waals surface area contributed by atoms with Crippen LogP contribution in [0.25, 0.3) is 0 Å². The van der Waals surface area contributed by atoms with Crippen LogP contribution in [-0.2, 0) is 17.5 Å². The van der Waals surface area contributed by atoms with Crippen LogP contribution in [0.3, 0.4) is 0 Å². The van der Waals surface area contributed by atoms with E-state index in [1.165, 1.54) is 0 Å². The molecule has 1 unspecified atom stereocenters. The molecule has 1 rings (SSSR count). The van der Waals surface area contributed by atoms with Gasteiger partial charge in [0.05, 0.1) is 0 Å². The lowest BCUT2D eigenvalue weighted by atomic mass is 10.1. The van der Waals surface area contributed by atoms with Crippen molar-refractivity contribution < 1.29 is 8.76 Å². The van der Waals surface area contributed by atoms with E-state index in [4.69, 9.17) is 5.73 Å². The van der Waals surface area contributed by atoms with E-state index in [-0.39, 0.29) is 0 Å². The Morgan fingerprint density at radius 2 is 2.08 bits per heavy atom. The van der Waals surface area contributed by atoms with Gasteiger partial charge in [0, 0.05) is 4.90 Å². The molecule has 3 nitrogen and oxygen atoms in total. The molecular formula is C9H12NO2S-. The van der Waals surface area contributed by atoms with E-state index in [2.05, 4.69) is 0 Å². The van der Waals surface area contributed by atoms with Gasteiger partial charge >= 0.3 is 0 Å². The zero-order valence-corrected chi connectivity index (χ0v) is 8.05. The summed E-state index contributed by atoms with van der Waals surface area (Å²) in [6, 6.07) is 6.98. The monoisotopic (exact) mass is 198 g/mol. The number of benzene rings is 1. The molecule has 1 aromatic rings. The summed E-state index contributed by atoms with van der Waals surface area (Å²) in [7, 11) is 0. The molecule has 0 bridgehead atoms. The third kappa shape index (κ3) is 2.91. The normalized spacial score (nSPS) is 12.8. The smallest absolute Gasteiger partial charge is 0.0280 e. The summed E-state index contributed by atoms with van der Waals surface area (Å²) in [5, 5.41) is 0. The lowest BCUT2D eigenvalue weighted by Gasteiger charge is -2.10. The maximum atomic E-state index is 10.8. The Kier molecular flexibility index (Phi) is 4.08. The Labute approximate surface area is 80.2 Å². The van der Waals surface area contributed by atoms with Crippen LogP contribution in [0.2, 0.25) is 0 Å². The van der Waals surface area contributed by atoms with Crippen molar-refractivity contribution in [3.63, 3.8) is 0 Å². The first-order chi connectivity index (χ1) is 6.25. The highest BCUT2D eigenvalue weighted by Gasteiger charge is 2.00. The van der Waals surface area contributed by atoms with E-state index >= 15 is 0 Å². The van der Waals surface area contributed by atoms with Gasteiger partial charge < -0.3 is 10.3 Å². The molecule has 0 saturated carbocycles. The molecule has 0 aliphatic carbocycles. The Hall–Kier alpha value is -0.710. The predicted octanol–water partition coefficient (Wildman–Crippen LogP) is 0.816. The second-order valence-electron chi connectivity index (χ2n) is 2.73. The highest BCUT2D eigenvalue weighted by Crippen LogP contribution is 2.13. The fraction of sp³-hybridized carbons (Fsp3) is 0.333. The van der Waals surface area contributed by atoms with Gasteiger partial charge in [-0.2, -0.15) is 0 Å². The van der Waals surface area contributed by atoms with Crippen LogP contribution in [-0.4, -0.2) is 15.3 Å². The number of hydrogen-bond acceptors (Lipinski definition) is 3. The molecule has 0 aliphatic heterocycles. The number of hydrogen-bond donors (Lipinski definition) is 1. The molecule has 0 fully saturated rings. The second kappa shape index (κ2) is 5.11. The van der Waals surface area contributed by atoms with Gasteiger partial charge in [-0.15, -0.1) is 0 Å². The minimum atomic E-state index is -2.13. The molecule has 0 spiro atoms. The van der Waals surface area contributed by atoms with Crippen LogP contribution in [0, 0.1) is 0 Å². The molecule has 1 aromatic carbocycles. The van der Waals surface area contributed by atoms with Crippen LogP contribution in [0.5, 0.6) is 0 Å². The first kappa shape index (κ1) is 10.4. The Morgan fingerprint density at radius 1 is 1.38 bits per heavy atom.